The first-order valence-corrected chi connectivity index (χ1v) is 23.3. The van der Waals surface area contributed by atoms with Gasteiger partial charge in [0.05, 0.1) is 30.5 Å². The maximum Gasteiger partial charge on any atom is 0.306 e. The highest BCUT2D eigenvalue weighted by Crippen LogP contribution is 2.64. The van der Waals surface area contributed by atoms with Crippen LogP contribution in [0.25, 0.3) is 0 Å². The van der Waals surface area contributed by atoms with E-state index in [9.17, 15) is 39.0 Å². The molecule has 0 spiro atoms. The van der Waals surface area contributed by atoms with Gasteiger partial charge in [0, 0.05) is 30.6 Å². The van der Waals surface area contributed by atoms with Crippen LogP contribution in [0.1, 0.15) is 169 Å². The summed E-state index contributed by atoms with van der Waals surface area (Å²) in [5.41, 5.74) is -0.963. The molecule has 4 aliphatic carbocycles. The number of hydrogen-bond acceptors (Lipinski definition) is 12. The summed E-state index contributed by atoms with van der Waals surface area (Å²) in [5.74, 6) is -4.42. The second-order valence-corrected chi connectivity index (χ2v) is 18.3. The second kappa shape index (κ2) is 24.3. The van der Waals surface area contributed by atoms with Crippen molar-refractivity contribution in [2.75, 3.05) is 19.8 Å². The summed E-state index contributed by atoms with van der Waals surface area (Å²) in [4.78, 5) is 76.3. The molecule has 9 atom stereocenters. The van der Waals surface area contributed by atoms with Crippen LogP contribution in [0.4, 0.5) is 0 Å². The molecule has 338 valence electrons. The van der Waals surface area contributed by atoms with Crippen LogP contribution in [0, 0.1) is 35.0 Å². The molecule has 0 aromatic carbocycles. The van der Waals surface area contributed by atoms with E-state index in [1.54, 1.807) is 12.2 Å². The minimum absolute atomic E-state index is 0.0118. The number of carbonyl (C=O) groups is 6. The molecule has 0 radical (unpaired) electrons. The van der Waals surface area contributed by atoms with Crippen molar-refractivity contribution in [1.29, 1.82) is 0 Å². The summed E-state index contributed by atoms with van der Waals surface area (Å²) in [6, 6.07) is 0. The molecule has 0 saturated heterocycles. The summed E-state index contributed by atoms with van der Waals surface area (Å²) in [6.45, 7) is 7.11. The van der Waals surface area contributed by atoms with Crippen molar-refractivity contribution < 1.29 is 57.9 Å². The molecule has 0 aromatic rings. The van der Waals surface area contributed by atoms with Crippen molar-refractivity contribution in [3.8, 4) is 0 Å². The van der Waals surface area contributed by atoms with Crippen LogP contribution in [0.5, 0.6) is 0 Å². The minimum Gasteiger partial charge on any atom is -0.462 e. The van der Waals surface area contributed by atoms with Crippen LogP contribution in [-0.4, -0.2) is 83.3 Å². The number of carbonyl (C=O) groups excluding carboxylic acids is 6. The summed E-state index contributed by atoms with van der Waals surface area (Å²) < 4.78 is 21.6. The number of ether oxygens (including phenoxy) is 4. The van der Waals surface area contributed by atoms with E-state index in [1.807, 2.05) is 19.9 Å². The van der Waals surface area contributed by atoms with Crippen molar-refractivity contribution in [2.45, 2.75) is 187 Å². The Morgan fingerprint density at radius 3 is 1.90 bits per heavy atom. The zero-order valence-electron chi connectivity index (χ0n) is 36.9. The summed E-state index contributed by atoms with van der Waals surface area (Å²) >= 11 is 0. The normalized spacial score (nSPS) is 28.4. The van der Waals surface area contributed by atoms with Crippen molar-refractivity contribution in [2.24, 2.45) is 35.0 Å². The van der Waals surface area contributed by atoms with E-state index in [-0.39, 0.29) is 74.8 Å². The third kappa shape index (κ3) is 13.8. The maximum atomic E-state index is 13.6. The third-order valence-electron chi connectivity index (χ3n) is 13.7. The van der Waals surface area contributed by atoms with Crippen LogP contribution in [-0.2, 0) is 47.7 Å². The Hall–Kier alpha value is -3.38. The van der Waals surface area contributed by atoms with E-state index < -0.39 is 65.4 Å². The molecule has 2 N–H and O–H groups in total. The first-order chi connectivity index (χ1) is 28.7. The molecule has 0 heterocycles. The number of aliphatic hydroxyl groups is 2. The van der Waals surface area contributed by atoms with E-state index >= 15 is 0 Å². The fourth-order valence-corrected chi connectivity index (χ4v) is 10.7. The Morgan fingerprint density at radius 1 is 0.767 bits per heavy atom. The molecule has 3 fully saturated rings. The summed E-state index contributed by atoms with van der Waals surface area (Å²) in [6.07, 6.45) is 19.7. The quantitative estimate of drug-likeness (QED) is 0.0463. The number of aliphatic hydroxyl groups excluding tert-OH is 1. The Bertz CT molecular complexity index is 1520. The molecule has 0 bridgehead atoms. The lowest BCUT2D eigenvalue weighted by Crippen LogP contribution is -2.60. The zero-order chi connectivity index (χ0) is 43.7. The highest BCUT2D eigenvalue weighted by Gasteiger charge is 2.65. The third-order valence-corrected chi connectivity index (χ3v) is 13.7. The minimum atomic E-state index is -1.46. The molecule has 12 heteroatoms. The van der Waals surface area contributed by atoms with Crippen molar-refractivity contribution >= 4 is 35.4 Å². The smallest absolute Gasteiger partial charge is 0.306 e. The molecular weight excluding hydrogens is 769 g/mol. The number of ketones is 2. The number of unbranched alkanes of at least 4 members (excludes halogenated alkanes) is 12. The predicted octanol–water partition coefficient (Wildman–Crippen LogP) is 8.02. The van der Waals surface area contributed by atoms with Gasteiger partial charge in [0.2, 0.25) is 0 Å². The highest BCUT2D eigenvalue weighted by atomic mass is 16.6. The van der Waals surface area contributed by atoms with E-state index in [0.29, 0.717) is 32.1 Å². The van der Waals surface area contributed by atoms with Crippen molar-refractivity contribution in [1.82, 2.24) is 0 Å². The molecule has 4 aliphatic rings. The van der Waals surface area contributed by atoms with Crippen molar-refractivity contribution in [3.05, 3.63) is 23.8 Å². The van der Waals surface area contributed by atoms with Gasteiger partial charge in [0.25, 0.3) is 0 Å². The number of esters is 4. The zero-order valence-corrected chi connectivity index (χ0v) is 36.9. The molecule has 60 heavy (non-hydrogen) atoms. The topological polar surface area (TPSA) is 180 Å². The van der Waals surface area contributed by atoms with E-state index in [2.05, 4.69) is 13.8 Å². The monoisotopic (exact) mass is 843 g/mol. The van der Waals surface area contributed by atoms with E-state index in [4.69, 9.17) is 18.9 Å². The molecule has 4 rings (SSSR count). The molecule has 0 aromatic heterocycles. The average Bonchev–Trinajstić information content (AvgIpc) is 3.48. The molecule has 12 nitrogen and oxygen atoms in total. The van der Waals surface area contributed by atoms with Crippen LogP contribution in [0.3, 0.4) is 0 Å². The first kappa shape index (κ1) is 49.3. The molecule has 9 unspecified atom stereocenters. The number of fused-ring (bicyclic) bond motifs is 5. The average molecular weight is 843 g/mol. The molecule has 3 saturated carbocycles. The van der Waals surface area contributed by atoms with Crippen LogP contribution in [0.15, 0.2) is 23.8 Å². The first-order valence-electron chi connectivity index (χ1n) is 23.3. The van der Waals surface area contributed by atoms with Gasteiger partial charge < -0.3 is 29.2 Å². The van der Waals surface area contributed by atoms with Gasteiger partial charge in [-0.2, -0.15) is 0 Å². The fraction of sp³-hybridized carbons (Fsp3) is 0.792. The van der Waals surface area contributed by atoms with Gasteiger partial charge in [0.15, 0.2) is 17.7 Å². The SMILES string of the molecule is CCCCCCCCCCC(=O)OC(COC(=O)CCCCCCCC)COC(=O)CCC(=O)OCC(=O)C1C(C)CC2C3CCC4=CC(=O)C=CC4(C)C3C(O)CC21O. The largest absolute Gasteiger partial charge is 0.462 e. The number of allylic oxidation sites excluding steroid dienone is 4. The van der Waals surface area contributed by atoms with Gasteiger partial charge in [-0.15, -0.1) is 0 Å². The highest BCUT2D eigenvalue weighted by molar-refractivity contribution is 6.01. The Kier molecular flexibility index (Phi) is 20.0. The second-order valence-electron chi connectivity index (χ2n) is 18.3. The number of rotatable bonds is 27. The lowest BCUT2D eigenvalue weighted by Gasteiger charge is -2.57. The summed E-state index contributed by atoms with van der Waals surface area (Å²) in [7, 11) is 0. The Labute approximate surface area is 358 Å². The summed E-state index contributed by atoms with van der Waals surface area (Å²) in [5, 5.41) is 23.7. The fourth-order valence-electron chi connectivity index (χ4n) is 10.7. The Morgan fingerprint density at radius 2 is 1.30 bits per heavy atom. The molecular formula is C48H74O12. The van der Waals surface area contributed by atoms with Gasteiger partial charge >= 0.3 is 23.9 Å². The Balaban J connectivity index is 1.22. The maximum absolute atomic E-state index is 13.6. The van der Waals surface area contributed by atoms with Gasteiger partial charge in [0.1, 0.15) is 19.8 Å². The van der Waals surface area contributed by atoms with E-state index in [1.165, 1.54) is 32.1 Å². The van der Waals surface area contributed by atoms with Crippen LogP contribution < -0.4 is 0 Å². The van der Waals surface area contributed by atoms with Gasteiger partial charge in [-0.25, -0.2) is 0 Å². The van der Waals surface area contributed by atoms with Gasteiger partial charge in [-0.1, -0.05) is 116 Å². The molecule has 0 amide bonds. The van der Waals surface area contributed by atoms with Crippen molar-refractivity contribution in [3.63, 3.8) is 0 Å². The van der Waals surface area contributed by atoms with Crippen LogP contribution >= 0.6 is 0 Å². The predicted molar refractivity (Wildman–Crippen MR) is 225 cm³/mol. The molecule has 0 aliphatic heterocycles. The van der Waals surface area contributed by atoms with E-state index in [0.717, 1.165) is 50.5 Å². The standard InChI is InChI=1S/C48H74O12/c1-5-7-9-11-13-14-16-18-20-44(55)60-36(30-57-41(52)19-17-15-12-10-8-6-2)31-58-42(53)23-24-43(54)59-32-40(51)45-33(3)27-38-37-22-21-34-28-35(49)25-26-47(34,4)46(37)39(50)29-48(38,45)56/h25-26,28,33,36-39,45-46,50,56H,5-24,27,29-32H2,1-4H3. The lowest BCUT2D eigenvalue weighted by atomic mass is 9.49. The number of hydrogen-bond donors (Lipinski definition) is 2. The van der Waals surface area contributed by atoms with Gasteiger partial charge in [-0.05, 0) is 62.0 Å². The number of Topliss-reactive ketones (excluding diaryl/α,β-unsaturated/α-hetero) is 1. The van der Waals surface area contributed by atoms with Gasteiger partial charge in [-0.3, -0.25) is 28.8 Å². The van der Waals surface area contributed by atoms with Crippen LogP contribution in [0.2, 0.25) is 0 Å². The lowest BCUT2D eigenvalue weighted by molar-refractivity contribution is -0.177.